The predicted octanol–water partition coefficient (Wildman–Crippen LogP) is 4.28. The number of benzene rings is 2. The third-order valence-electron chi connectivity index (χ3n) is 3.25. The number of fused-ring (bicyclic) bond motifs is 1. The van der Waals surface area contributed by atoms with Crippen LogP contribution >= 0.6 is 0 Å². The fraction of sp³-hybridized carbons (Fsp3) is 0.111. The zero-order valence-corrected chi connectivity index (χ0v) is 12.7. The molecular formula is C18H17N3O2. The summed E-state index contributed by atoms with van der Waals surface area (Å²) in [5.74, 6) is 1.15. The molecule has 0 spiro atoms. The van der Waals surface area contributed by atoms with Crippen molar-refractivity contribution in [1.29, 1.82) is 0 Å². The van der Waals surface area contributed by atoms with Crippen molar-refractivity contribution in [2.24, 2.45) is 0 Å². The zero-order valence-electron chi connectivity index (χ0n) is 12.7. The molecule has 2 aromatic carbocycles. The van der Waals surface area contributed by atoms with E-state index in [0.29, 0.717) is 18.2 Å². The lowest BCUT2D eigenvalue weighted by atomic mass is 10.2. The van der Waals surface area contributed by atoms with E-state index in [-0.39, 0.29) is 6.03 Å². The van der Waals surface area contributed by atoms with Crippen LogP contribution in [0.3, 0.4) is 0 Å². The highest BCUT2D eigenvalue weighted by molar-refractivity contribution is 6.00. The summed E-state index contributed by atoms with van der Waals surface area (Å²) in [4.78, 5) is 16.5. The number of carbonyl (C=O) groups is 1. The van der Waals surface area contributed by atoms with E-state index in [0.717, 1.165) is 16.6 Å². The molecule has 2 N–H and O–H groups in total. The van der Waals surface area contributed by atoms with Gasteiger partial charge in [-0.1, -0.05) is 30.3 Å². The number of para-hydroxylation sites is 2. The third-order valence-corrected chi connectivity index (χ3v) is 3.25. The number of hydrogen-bond acceptors (Lipinski definition) is 3. The lowest BCUT2D eigenvalue weighted by Gasteiger charge is -2.11. The molecular weight excluding hydrogens is 290 g/mol. The van der Waals surface area contributed by atoms with Gasteiger partial charge in [-0.25, -0.2) is 9.78 Å². The Hall–Kier alpha value is -3.08. The number of hydrogen-bond donors (Lipinski definition) is 2. The van der Waals surface area contributed by atoms with Crippen LogP contribution in [0.1, 0.15) is 6.92 Å². The lowest BCUT2D eigenvalue weighted by Crippen LogP contribution is -2.20. The van der Waals surface area contributed by atoms with Gasteiger partial charge in [0, 0.05) is 17.1 Å². The molecule has 1 heterocycles. The summed E-state index contributed by atoms with van der Waals surface area (Å²) in [7, 11) is 0. The van der Waals surface area contributed by atoms with Crippen LogP contribution in [-0.4, -0.2) is 17.6 Å². The Morgan fingerprint density at radius 2 is 1.78 bits per heavy atom. The number of rotatable bonds is 4. The third kappa shape index (κ3) is 3.58. The molecule has 3 aromatic rings. The van der Waals surface area contributed by atoms with Crippen LogP contribution in [0.5, 0.6) is 5.75 Å². The number of amides is 2. The Kier molecular flexibility index (Phi) is 4.38. The molecule has 3 rings (SSSR count). The van der Waals surface area contributed by atoms with E-state index in [4.69, 9.17) is 4.74 Å². The van der Waals surface area contributed by atoms with Gasteiger partial charge in [-0.15, -0.1) is 0 Å². The molecule has 0 radical (unpaired) electrons. The van der Waals surface area contributed by atoms with Crippen molar-refractivity contribution in [3.63, 3.8) is 0 Å². The minimum Gasteiger partial charge on any atom is -0.493 e. The summed E-state index contributed by atoms with van der Waals surface area (Å²) in [6, 6.07) is 18.3. The van der Waals surface area contributed by atoms with Crippen LogP contribution < -0.4 is 15.4 Å². The van der Waals surface area contributed by atoms with Gasteiger partial charge >= 0.3 is 6.03 Å². The Morgan fingerprint density at radius 3 is 2.57 bits per heavy atom. The predicted molar refractivity (Wildman–Crippen MR) is 92.0 cm³/mol. The molecule has 1 aromatic heterocycles. The lowest BCUT2D eigenvalue weighted by molar-refractivity contribution is 0.262. The molecule has 2 amide bonds. The first-order valence-electron chi connectivity index (χ1n) is 7.42. The molecule has 23 heavy (non-hydrogen) atoms. The first-order valence-corrected chi connectivity index (χ1v) is 7.42. The Bertz CT molecular complexity index is 819. The second kappa shape index (κ2) is 6.79. The zero-order chi connectivity index (χ0) is 16.1. The van der Waals surface area contributed by atoms with Crippen LogP contribution in [0.4, 0.5) is 16.3 Å². The van der Waals surface area contributed by atoms with E-state index in [2.05, 4.69) is 15.6 Å². The number of nitrogens with one attached hydrogen (secondary N) is 2. The molecule has 0 atom stereocenters. The molecule has 5 nitrogen and oxygen atoms in total. The first kappa shape index (κ1) is 14.8. The Balaban J connectivity index is 1.83. The van der Waals surface area contributed by atoms with Crippen molar-refractivity contribution in [1.82, 2.24) is 4.98 Å². The quantitative estimate of drug-likeness (QED) is 0.756. The second-order valence-corrected chi connectivity index (χ2v) is 4.90. The van der Waals surface area contributed by atoms with Crippen LogP contribution in [0, 0.1) is 0 Å². The maximum Gasteiger partial charge on any atom is 0.324 e. The van der Waals surface area contributed by atoms with Crippen molar-refractivity contribution >= 4 is 28.4 Å². The SMILES string of the molecule is CCOc1cc(NC(=O)Nc2ccccc2)nc2ccccc12. The summed E-state index contributed by atoms with van der Waals surface area (Å²) >= 11 is 0. The minimum absolute atomic E-state index is 0.346. The summed E-state index contributed by atoms with van der Waals surface area (Å²) < 4.78 is 5.65. The molecule has 0 saturated heterocycles. The van der Waals surface area contributed by atoms with Gasteiger partial charge in [-0.05, 0) is 31.2 Å². The van der Waals surface area contributed by atoms with Crippen molar-refractivity contribution in [2.75, 3.05) is 17.2 Å². The van der Waals surface area contributed by atoms with E-state index in [1.165, 1.54) is 0 Å². The van der Waals surface area contributed by atoms with E-state index < -0.39 is 0 Å². The fourth-order valence-corrected chi connectivity index (χ4v) is 2.28. The summed E-state index contributed by atoms with van der Waals surface area (Å²) in [5.41, 5.74) is 1.49. The maximum absolute atomic E-state index is 12.1. The van der Waals surface area contributed by atoms with Crippen LogP contribution in [-0.2, 0) is 0 Å². The normalized spacial score (nSPS) is 10.3. The number of aromatic nitrogens is 1. The van der Waals surface area contributed by atoms with Gasteiger partial charge in [0.1, 0.15) is 11.6 Å². The monoisotopic (exact) mass is 307 g/mol. The van der Waals surface area contributed by atoms with Gasteiger partial charge in [-0.3, -0.25) is 5.32 Å². The van der Waals surface area contributed by atoms with E-state index in [9.17, 15) is 4.79 Å². The molecule has 0 saturated carbocycles. The molecule has 0 bridgehead atoms. The van der Waals surface area contributed by atoms with Crippen molar-refractivity contribution < 1.29 is 9.53 Å². The van der Waals surface area contributed by atoms with Gasteiger partial charge < -0.3 is 10.1 Å². The van der Waals surface area contributed by atoms with Gasteiger partial charge in [-0.2, -0.15) is 0 Å². The highest BCUT2D eigenvalue weighted by Gasteiger charge is 2.09. The Labute approximate surface area is 134 Å². The van der Waals surface area contributed by atoms with E-state index in [1.54, 1.807) is 6.07 Å². The number of carbonyl (C=O) groups excluding carboxylic acids is 1. The molecule has 0 aliphatic rings. The van der Waals surface area contributed by atoms with Gasteiger partial charge in [0.15, 0.2) is 0 Å². The van der Waals surface area contributed by atoms with E-state index >= 15 is 0 Å². The number of ether oxygens (including phenoxy) is 1. The first-order chi connectivity index (χ1) is 11.3. The number of nitrogens with zero attached hydrogens (tertiary/aromatic N) is 1. The van der Waals surface area contributed by atoms with Gasteiger partial charge in [0.2, 0.25) is 0 Å². The van der Waals surface area contributed by atoms with Crippen LogP contribution in [0.15, 0.2) is 60.7 Å². The smallest absolute Gasteiger partial charge is 0.324 e. The molecule has 0 unspecified atom stereocenters. The van der Waals surface area contributed by atoms with Gasteiger partial charge in [0.25, 0.3) is 0 Å². The average Bonchev–Trinajstić information content (AvgIpc) is 2.56. The number of pyridine rings is 1. The van der Waals surface area contributed by atoms with Crippen LogP contribution in [0.25, 0.3) is 10.9 Å². The molecule has 0 aliphatic carbocycles. The maximum atomic E-state index is 12.1. The van der Waals surface area contributed by atoms with E-state index in [1.807, 2.05) is 61.5 Å². The molecule has 116 valence electrons. The Morgan fingerprint density at radius 1 is 1.04 bits per heavy atom. The molecule has 0 fully saturated rings. The highest BCUT2D eigenvalue weighted by Crippen LogP contribution is 2.27. The average molecular weight is 307 g/mol. The fourth-order valence-electron chi connectivity index (χ4n) is 2.28. The van der Waals surface area contributed by atoms with Crippen molar-refractivity contribution in [2.45, 2.75) is 6.92 Å². The van der Waals surface area contributed by atoms with Crippen molar-refractivity contribution in [3.8, 4) is 5.75 Å². The summed E-state index contributed by atoms with van der Waals surface area (Å²) in [6.45, 7) is 2.47. The second-order valence-electron chi connectivity index (χ2n) is 4.90. The van der Waals surface area contributed by atoms with Gasteiger partial charge in [0.05, 0.1) is 12.1 Å². The van der Waals surface area contributed by atoms with Crippen LogP contribution in [0.2, 0.25) is 0 Å². The largest absolute Gasteiger partial charge is 0.493 e. The number of anilines is 2. The summed E-state index contributed by atoms with van der Waals surface area (Å²) in [5, 5.41) is 6.42. The molecule has 5 heteroatoms. The highest BCUT2D eigenvalue weighted by atomic mass is 16.5. The van der Waals surface area contributed by atoms with Crippen molar-refractivity contribution in [3.05, 3.63) is 60.7 Å². The number of urea groups is 1. The minimum atomic E-state index is -0.346. The molecule has 0 aliphatic heterocycles. The summed E-state index contributed by atoms with van der Waals surface area (Å²) in [6.07, 6.45) is 0. The standard InChI is InChI=1S/C18H17N3O2/c1-2-23-16-12-17(20-15-11-7-6-10-14(15)16)21-18(22)19-13-8-4-3-5-9-13/h3-12H,2H2,1H3,(H2,19,20,21,22). The topological polar surface area (TPSA) is 63.2 Å².